The van der Waals surface area contributed by atoms with Gasteiger partial charge in [-0.05, 0) is 32.8 Å². The van der Waals surface area contributed by atoms with Gasteiger partial charge in [-0.2, -0.15) is 4.98 Å². The molecular weight excluding hydrogens is 344 g/mol. The number of carbonyl (C=O) groups excluding carboxylic acids is 1. The number of carbonyl (C=O) groups is 1. The van der Waals surface area contributed by atoms with Gasteiger partial charge in [-0.1, -0.05) is 5.16 Å². The van der Waals surface area contributed by atoms with Crippen LogP contribution in [0.2, 0.25) is 0 Å². The number of amides is 1. The van der Waals surface area contributed by atoms with E-state index in [1.807, 2.05) is 31.0 Å². The molecule has 8 heteroatoms. The highest BCUT2D eigenvalue weighted by atomic mass is 16.5. The SMILES string of the molecule is Cc1noc(C)c1CC(=O)N1CCN(c2ccnc(N3CCCC3)n2)CC1. The lowest BCUT2D eigenvalue weighted by molar-refractivity contribution is -0.130. The highest BCUT2D eigenvalue weighted by molar-refractivity contribution is 5.79. The molecule has 0 aliphatic carbocycles. The monoisotopic (exact) mass is 370 g/mol. The molecule has 2 fully saturated rings. The molecule has 2 aromatic rings. The van der Waals surface area contributed by atoms with E-state index in [2.05, 4.69) is 19.9 Å². The van der Waals surface area contributed by atoms with Crippen molar-refractivity contribution in [2.75, 3.05) is 49.1 Å². The predicted octanol–water partition coefficient (Wildman–Crippen LogP) is 1.57. The van der Waals surface area contributed by atoms with Crippen LogP contribution in [0.15, 0.2) is 16.8 Å². The van der Waals surface area contributed by atoms with Crippen LogP contribution in [0.5, 0.6) is 0 Å². The van der Waals surface area contributed by atoms with Gasteiger partial charge >= 0.3 is 0 Å². The van der Waals surface area contributed by atoms with Crippen molar-refractivity contribution < 1.29 is 9.32 Å². The van der Waals surface area contributed by atoms with E-state index < -0.39 is 0 Å². The fraction of sp³-hybridized carbons (Fsp3) is 0.579. The van der Waals surface area contributed by atoms with Crippen LogP contribution in [0.25, 0.3) is 0 Å². The summed E-state index contributed by atoms with van der Waals surface area (Å²) in [4.78, 5) is 28.2. The van der Waals surface area contributed by atoms with E-state index in [1.54, 1.807) is 0 Å². The summed E-state index contributed by atoms with van der Waals surface area (Å²) in [5.74, 6) is 2.63. The first-order chi connectivity index (χ1) is 13.1. The van der Waals surface area contributed by atoms with E-state index in [1.165, 1.54) is 12.8 Å². The van der Waals surface area contributed by atoms with Gasteiger partial charge in [-0.15, -0.1) is 0 Å². The third-order valence-electron chi connectivity index (χ3n) is 5.48. The zero-order valence-electron chi connectivity index (χ0n) is 16.0. The summed E-state index contributed by atoms with van der Waals surface area (Å²) >= 11 is 0. The predicted molar refractivity (Wildman–Crippen MR) is 102 cm³/mol. The molecule has 0 N–H and O–H groups in total. The lowest BCUT2D eigenvalue weighted by Gasteiger charge is -2.35. The van der Waals surface area contributed by atoms with Crippen LogP contribution in [0.4, 0.5) is 11.8 Å². The smallest absolute Gasteiger partial charge is 0.227 e. The van der Waals surface area contributed by atoms with Crippen LogP contribution in [0.1, 0.15) is 29.9 Å². The fourth-order valence-electron chi connectivity index (χ4n) is 3.79. The number of aryl methyl sites for hydroxylation is 2. The van der Waals surface area contributed by atoms with Crippen molar-refractivity contribution >= 4 is 17.7 Å². The minimum absolute atomic E-state index is 0.129. The van der Waals surface area contributed by atoms with Crippen molar-refractivity contribution in [2.45, 2.75) is 33.1 Å². The second-order valence-electron chi connectivity index (χ2n) is 7.26. The van der Waals surface area contributed by atoms with E-state index in [9.17, 15) is 4.79 Å². The topological polar surface area (TPSA) is 78.6 Å². The second kappa shape index (κ2) is 7.54. The van der Waals surface area contributed by atoms with E-state index in [0.717, 1.165) is 55.0 Å². The molecule has 0 saturated carbocycles. The molecule has 0 atom stereocenters. The van der Waals surface area contributed by atoms with Gasteiger partial charge in [0, 0.05) is 51.0 Å². The second-order valence-corrected chi connectivity index (χ2v) is 7.26. The lowest BCUT2D eigenvalue weighted by atomic mass is 10.1. The quantitative estimate of drug-likeness (QED) is 0.808. The van der Waals surface area contributed by atoms with Crippen molar-refractivity contribution in [1.29, 1.82) is 0 Å². The number of aromatic nitrogens is 3. The Morgan fingerprint density at radius 1 is 1.07 bits per heavy atom. The van der Waals surface area contributed by atoms with E-state index in [-0.39, 0.29) is 5.91 Å². The highest BCUT2D eigenvalue weighted by Crippen LogP contribution is 2.20. The Hall–Kier alpha value is -2.64. The van der Waals surface area contributed by atoms with E-state index >= 15 is 0 Å². The van der Waals surface area contributed by atoms with Crippen LogP contribution in [-0.2, 0) is 11.2 Å². The standard InChI is InChI=1S/C19H26N6O2/c1-14-16(15(2)27-22-14)13-18(26)24-11-9-23(10-12-24)17-5-6-20-19(21-17)25-7-3-4-8-25/h5-6H,3-4,7-13H2,1-2H3. The number of hydrogen-bond donors (Lipinski definition) is 0. The van der Waals surface area contributed by atoms with Gasteiger partial charge in [0.15, 0.2) is 0 Å². The number of anilines is 2. The maximum atomic E-state index is 12.6. The lowest BCUT2D eigenvalue weighted by Crippen LogP contribution is -2.49. The Kier molecular flexibility index (Phi) is 4.96. The molecule has 2 aliphatic rings. The number of rotatable bonds is 4. The molecule has 2 aliphatic heterocycles. The summed E-state index contributed by atoms with van der Waals surface area (Å²) in [6.07, 6.45) is 4.61. The molecule has 0 spiro atoms. The first-order valence-corrected chi connectivity index (χ1v) is 9.64. The summed E-state index contributed by atoms with van der Waals surface area (Å²) in [6.45, 7) is 8.77. The minimum atomic E-state index is 0.129. The zero-order chi connectivity index (χ0) is 18.8. The van der Waals surface area contributed by atoms with Crippen LogP contribution in [0, 0.1) is 13.8 Å². The Balaban J connectivity index is 1.36. The molecule has 4 rings (SSSR count). The van der Waals surface area contributed by atoms with Gasteiger partial charge in [0.1, 0.15) is 11.6 Å². The molecule has 0 radical (unpaired) electrons. The summed E-state index contributed by atoms with van der Waals surface area (Å²) in [7, 11) is 0. The molecule has 4 heterocycles. The van der Waals surface area contributed by atoms with E-state index in [4.69, 9.17) is 9.51 Å². The first kappa shape index (κ1) is 17.8. The fourth-order valence-corrected chi connectivity index (χ4v) is 3.79. The number of nitrogens with zero attached hydrogens (tertiary/aromatic N) is 6. The molecule has 144 valence electrons. The highest BCUT2D eigenvalue weighted by Gasteiger charge is 2.24. The van der Waals surface area contributed by atoms with Gasteiger partial charge < -0.3 is 19.2 Å². The largest absolute Gasteiger partial charge is 0.361 e. The van der Waals surface area contributed by atoms with Gasteiger partial charge in [-0.25, -0.2) is 4.98 Å². The Labute approximate surface area is 159 Å². The summed E-state index contributed by atoms with van der Waals surface area (Å²) in [5.41, 5.74) is 1.71. The molecule has 8 nitrogen and oxygen atoms in total. The van der Waals surface area contributed by atoms with Crippen molar-refractivity contribution in [3.05, 3.63) is 29.3 Å². The van der Waals surface area contributed by atoms with E-state index in [0.29, 0.717) is 19.5 Å². The van der Waals surface area contributed by atoms with Crippen LogP contribution >= 0.6 is 0 Å². The van der Waals surface area contributed by atoms with Gasteiger partial charge in [0.25, 0.3) is 0 Å². The molecular formula is C19H26N6O2. The summed E-state index contributed by atoms with van der Waals surface area (Å²) in [6, 6.07) is 1.96. The average Bonchev–Trinajstić information content (AvgIpc) is 3.34. The third-order valence-corrected chi connectivity index (χ3v) is 5.48. The van der Waals surface area contributed by atoms with Gasteiger partial charge in [-0.3, -0.25) is 4.79 Å². The minimum Gasteiger partial charge on any atom is -0.361 e. The zero-order valence-corrected chi connectivity index (χ0v) is 16.0. The summed E-state index contributed by atoms with van der Waals surface area (Å²) < 4.78 is 5.16. The molecule has 0 aromatic carbocycles. The molecule has 2 saturated heterocycles. The van der Waals surface area contributed by atoms with Gasteiger partial charge in [0.05, 0.1) is 12.1 Å². The Morgan fingerprint density at radius 3 is 2.48 bits per heavy atom. The van der Waals surface area contributed by atoms with Crippen molar-refractivity contribution in [3.63, 3.8) is 0 Å². The molecule has 0 bridgehead atoms. The molecule has 2 aromatic heterocycles. The molecule has 1 amide bonds. The van der Waals surface area contributed by atoms with Crippen LogP contribution in [0.3, 0.4) is 0 Å². The maximum Gasteiger partial charge on any atom is 0.227 e. The third kappa shape index (κ3) is 3.74. The van der Waals surface area contributed by atoms with Crippen molar-refractivity contribution in [3.8, 4) is 0 Å². The summed E-state index contributed by atoms with van der Waals surface area (Å²) in [5, 5.41) is 3.93. The normalized spacial score (nSPS) is 17.6. The average molecular weight is 370 g/mol. The number of hydrogen-bond acceptors (Lipinski definition) is 7. The Bertz CT molecular complexity index is 787. The maximum absolute atomic E-state index is 12.6. The van der Waals surface area contributed by atoms with Gasteiger partial charge in [0.2, 0.25) is 11.9 Å². The van der Waals surface area contributed by atoms with Crippen LogP contribution < -0.4 is 9.80 Å². The molecule has 27 heavy (non-hydrogen) atoms. The van der Waals surface area contributed by atoms with Crippen molar-refractivity contribution in [2.24, 2.45) is 0 Å². The van der Waals surface area contributed by atoms with Crippen LogP contribution in [-0.4, -0.2) is 65.2 Å². The Morgan fingerprint density at radius 2 is 1.81 bits per heavy atom. The molecule has 0 unspecified atom stereocenters. The van der Waals surface area contributed by atoms with Crippen molar-refractivity contribution in [1.82, 2.24) is 20.0 Å². The first-order valence-electron chi connectivity index (χ1n) is 9.64. The number of piperazine rings is 1.